The summed E-state index contributed by atoms with van der Waals surface area (Å²) in [5.74, 6) is -2.65. The van der Waals surface area contributed by atoms with Crippen molar-refractivity contribution >= 4 is 11.9 Å². The molecule has 4 nitrogen and oxygen atoms in total. The van der Waals surface area contributed by atoms with Gasteiger partial charge in [0.15, 0.2) is 0 Å². The van der Waals surface area contributed by atoms with Crippen LogP contribution in [0.2, 0.25) is 0 Å². The lowest BCUT2D eigenvalue weighted by atomic mass is 10.1. The number of hydrogen-bond donors (Lipinski definition) is 1. The van der Waals surface area contributed by atoms with Gasteiger partial charge >= 0.3 is 11.9 Å². The number of rotatable bonds is 6. The maximum absolute atomic E-state index is 12.1. The monoisotopic (exact) mass is 254 g/mol. The van der Waals surface area contributed by atoms with Gasteiger partial charge in [-0.1, -0.05) is 31.9 Å². The molecule has 0 aliphatic heterocycles. The summed E-state index contributed by atoms with van der Waals surface area (Å²) in [5, 5.41) is 9.16. The van der Waals surface area contributed by atoms with Crippen LogP contribution in [0.25, 0.3) is 0 Å². The zero-order chi connectivity index (χ0) is 17.0. The van der Waals surface area contributed by atoms with E-state index in [2.05, 4.69) is 0 Å². The number of aromatic carboxylic acids is 1. The molecule has 0 aliphatic rings. The van der Waals surface area contributed by atoms with Crippen molar-refractivity contribution in [2.75, 3.05) is 0 Å². The Hall–Kier alpha value is -1.84. The minimum Gasteiger partial charge on any atom is -0.478 e. The van der Waals surface area contributed by atoms with E-state index in [-0.39, 0.29) is 0 Å². The average molecular weight is 254 g/mol. The van der Waals surface area contributed by atoms with E-state index in [1.165, 1.54) is 0 Å². The molecule has 0 aromatic heterocycles. The zero-order valence-corrected chi connectivity index (χ0v) is 10.4. The van der Waals surface area contributed by atoms with E-state index >= 15 is 0 Å². The molecule has 1 N–H and O–H groups in total. The molecule has 18 heavy (non-hydrogen) atoms. The summed E-state index contributed by atoms with van der Waals surface area (Å²) >= 11 is 0. The number of benzene rings is 1. The second kappa shape index (κ2) is 6.79. The van der Waals surface area contributed by atoms with E-state index < -0.39 is 53.3 Å². The summed E-state index contributed by atoms with van der Waals surface area (Å²) in [6, 6.07) is -2.83. The van der Waals surface area contributed by atoms with E-state index in [0.717, 1.165) is 12.8 Å². The number of carboxylic acid groups (broad SMARTS) is 1. The fraction of sp³-hybridized carbons (Fsp3) is 0.429. The van der Waals surface area contributed by atoms with Crippen molar-refractivity contribution in [1.29, 1.82) is 0 Å². The first kappa shape index (κ1) is 9.14. The standard InChI is InChI=1S/C14H18O4/c1-3-4-7-10(2)18-14(17)12-9-6-5-8-11(12)13(15)16/h5-6,8-10H,3-4,7H2,1-2H3,(H,15,16)/i5D,6D,8D,9D. The number of carbonyl (C=O) groups is 2. The van der Waals surface area contributed by atoms with Crippen LogP contribution in [0, 0.1) is 0 Å². The lowest BCUT2D eigenvalue weighted by Gasteiger charge is -2.13. The van der Waals surface area contributed by atoms with Crippen molar-refractivity contribution in [3.8, 4) is 0 Å². The maximum Gasteiger partial charge on any atom is 0.339 e. The molecule has 0 spiro atoms. The Kier molecular flexibility index (Phi) is 3.45. The van der Waals surface area contributed by atoms with Crippen LogP contribution in [0.5, 0.6) is 0 Å². The maximum atomic E-state index is 12.1. The largest absolute Gasteiger partial charge is 0.478 e. The van der Waals surface area contributed by atoms with Gasteiger partial charge in [-0.05, 0) is 25.4 Å². The zero-order valence-electron chi connectivity index (χ0n) is 14.4. The second-order valence-corrected chi connectivity index (χ2v) is 3.91. The van der Waals surface area contributed by atoms with Gasteiger partial charge in [-0.2, -0.15) is 0 Å². The van der Waals surface area contributed by atoms with E-state index in [9.17, 15) is 9.59 Å². The van der Waals surface area contributed by atoms with Gasteiger partial charge in [0.2, 0.25) is 0 Å². The number of hydrogen-bond acceptors (Lipinski definition) is 3. The average Bonchev–Trinajstić information content (AvgIpc) is 2.45. The molecule has 0 heterocycles. The van der Waals surface area contributed by atoms with Gasteiger partial charge in [0.1, 0.15) is 0 Å². The summed E-state index contributed by atoms with van der Waals surface area (Å²) in [6.45, 7) is 3.63. The lowest BCUT2D eigenvalue weighted by molar-refractivity contribution is 0.0314. The minimum atomic E-state index is -1.60. The smallest absolute Gasteiger partial charge is 0.339 e. The molecule has 1 aromatic rings. The van der Waals surface area contributed by atoms with Gasteiger partial charge in [0, 0.05) is 0 Å². The van der Waals surface area contributed by atoms with Crippen LogP contribution in [0.3, 0.4) is 0 Å². The number of unbranched alkanes of at least 4 members (excludes halogenated alkanes) is 1. The topological polar surface area (TPSA) is 63.6 Å². The summed E-state index contributed by atoms with van der Waals surface area (Å²) < 4.78 is 35.5. The highest BCUT2D eigenvalue weighted by Crippen LogP contribution is 2.13. The van der Waals surface area contributed by atoms with Crippen LogP contribution in [0.1, 0.15) is 59.3 Å². The summed E-state index contributed by atoms with van der Waals surface area (Å²) in [5.41, 5.74) is -1.40. The Balaban J connectivity index is 3.28. The van der Waals surface area contributed by atoms with Gasteiger partial charge < -0.3 is 9.84 Å². The number of carbonyl (C=O) groups excluding carboxylic acids is 1. The summed E-state index contributed by atoms with van der Waals surface area (Å²) in [7, 11) is 0. The molecule has 0 radical (unpaired) electrons. The molecule has 4 heteroatoms. The van der Waals surface area contributed by atoms with Crippen LogP contribution >= 0.6 is 0 Å². The van der Waals surface area contributed by atoms with Crippen LogP contribution in [0.15, 0.2) is 24.2 Å². The molecular formula is C14H18O4. The van der Waals surface area contributed by atoms with Gasteiger partial charge in [-0.25, -0.2) is 9.59 Å². The van der Waals surface area contributed by atoms with Crippen molar-refractivity contribution in [3.63, 3.8) is 0 Å². The summed E-state index contributed by atoms with van der Waals surface area (Å²) in [6.07, 6.45) is 1.86. The van der Waals surface area contributed by atoms with Crippen LogP contribution in [0.4, 0.5) is 0 Å². The number of esters is 1. The molecule has 0 saturated carbocycles. The third-order valence-corrected chi connectivity index (χ3v) is 2.38. The third kappa shape index (κ3) is 3.87. The van der Waals surface area contributed by atoms with E-state index in [1.807, 2.05) is 6.92 Å². The van der Waals surface area contributed by atoms with Gasteiger partial charge in [0.25, 0.3) is 0 Å². The highest BCUT2D eigenvalue weighted by molar-refractivity contribution is 6.02. The summed E-state index contributed by atoms with van der Waals surface area (Å²) in [4.78, 5) is 23.4. The van der Waals surface area contributed by atoms with Crippen LogP contribution < -0.4 is 0 Å². The van der Waals surface area contributed by atoms with Crippen molar-refractivity contribution < 1.29 is 24.9 Å². The lowest BCUT2D eigenvalue weighted by Crippen LogP contribution is -2.17. The first-order chi connectivity index (χ1) is 10.2. The number of ether oxygens (including phenoxy) is 1. The van der Waals surface area contributed by atoms with Crippen molar-refractivity contribution in [2.45, 2.75) is 39.2 Å². The molecule has 98 valence electrons. The fourth-order valence-electron chi connectivity index (χ4n) is 1.42. The number of carboxylic acids is 1. The molecule has 0 amide bonds. The fourth-order valence-corrected chi connectivity index (χ4v) is 1.42. The predicted octanol–water partition coefficient (Wildman–Crippen LogP) is 3.12. The Morgan fingerprint density at radius 2 is 2.00 bits per heavy atom. The molecule has 1 atom stereocenters. The van der Waals surface area contributed by atoms with Gasteiger partial charge in [0.05, 0.1) is 22.7 Å². The molecule has 0 bridgehead atoms. The van der Waals surface area contributed by atoms with Gasteiger partial charge in [-0.3, -0.25) is 0 Å². The van der Waals surface area contributed by atoms with Gasteiger partial charge in [-0.15, -0.1) is 0 Å². The highest BCUT2D eigenvalue weighted by Gasteiger charge is 2.18. The molecule has 1 aromatic carbocycles. The van der Waals surface area contributed by atoms with Crippen LogP contribution in [-0.4, -0.2) is 23.1 Å². The van der Waals surface area contributed by atoms with Crippen molar-refractivity contribution in [1.82, 2.24) is 0 Å². The predicted molar refractivity (Wildman–Crippen MR) is 67.8 cm³/mol. The Bertz CT molecular complexity index is 601. The Morgan fingerprint density at radius 3 is 2.56 bits per heavy atom. The third-order valence-electron chi connectivity index (χ3n) is 2.38. The first-order valence-electron chi connectivity index (χ1n) is 7.76. The van der Waals surface area contributed by atoms with Crippen LogP contribution in [-0.2, 0) is 4.74 Å². The molecule has 1 unspecified atom stereocenters. The van der Waals surface area contributed by atoms with E-state index in [1.54, 1.807) is 6.92 Å². The second-order valence-electron chi connectivity index (χ2n) is 3.91. The SMILES string of the molecule is [2H]c1c([2H])c([2H])c(C(=O)OC(C)CCCC)c(C(=O)O)c1[2H]. The Morgan fingerprint density at radius 1 is 1.39 bits per heavy atom. The van der Waals surface area contributed by atoms with Crippen molar-refractivity contribution in [3.05, 3.63) is 35.3 Å². The molecule has 0 saturated heterocycles. The van der Waals surface area contributed by atoms with Crippen molar-refractivity contribution in [2.24, 2.45) is 0 Å². The molecule has 0 aliphatic carbocycles. The highest BCUT2D eigenvalue weighted by atomic mass is 16.5. The molecular weight excluding hydrogens is 232 g/mol. The first-order valence-corrected chi connectivity index (χ1v) is 5.76. The van der Waals surface area contributed by atoms with E-state index in [0.29, 0.717) is 6.42 Å². The normalized spacial score (nSPS) is 15.0. The van der Waals surface area contributed by atoms with E-state index in [4.69, 9.17) is 15.3 Å². The molecule has 0 fully saturated rings. The minimum absolute atomic E-state index is 0.465. The Labute approximate surface area is 112 Å². The molecule has 1 rings (SSSR count). The quantitative estimate of drug-likeness (QED) is 0.792.